The van der Waals surface area contributed by atoms with Crippen LogP contribution in [-0.4, -0.2) is 35.2 Å². The lowest BCUT2D eigenvalue weighted by atomic mass is 9.94. The summed E-state index contributed by atoms with van der Waals surface area (Å²) in [5.41, 5.74) is 0.342. The quantitative estimate of drug-likeness (QED) is 0.832. The summed E-state index contributed by atoms with van der Waals surface area (Å²) in [7, 11) is 0. The Kier molecular flexibility index (Phi) is 3.20. The fourth-order valence-corrected chi connectivity index (χ4v) is 2.73. The van der Waals surface area contributed by atoms with Gasteiger partial charge < -0.3 is 9.74 Å². The predicted molar refractivity (Wildman–Crippen MR) is 72.9 cm³/mol. The largest absolute Gasteiger partial charge is 0.379 e. The molecule has 1 aromatic carbocycles. The number of carbonyl (C=O) groups excluding carboxylic acids is 1. The molecular weight excluding hydrogens is 259 g/mol. The van der Waals surface area contributed by atoms with Crippen LogP contribution in [0.25, 0.3) is 0 Å². The van der Waals surface area contributed by atoms with Gasteiger partial charge in [-0.25, -0.2) is 4.39 Å². The molecule has 2 aliphatic rings. The molecule has 5 heteroatoms. The first kappa shape index (κ1) is 13.1. The van der Waals surface area contributed by atoms with E-state index >= 15 is 0 Å². The van der Waals surface area contributed by atoms with Crippen LogP contribution in [0.4, 0.5) is 4.39 Å². The van der Waals surface area contributed by atoms with Gasteiger partial charge in [0.05, 0.1) is 5.71 Å². The number of oxime groups is 1. The molecule has 1 atom stereocenters. The van der Waals surface area contributed by atoms with Crippen LogP contribution in [0.15, 0.2) is 29.4 Å². The molecule has 0 bridgehead atoms. The maximum atomic E-state index is 13.2. The molecule has 0 radical (unpaired) electrons. The summed E-state index contributed by atoms with van der Waals surface area (Å²) in [4.78, 5) is 19.7. The van der Waals surface area contributed by atoms with Crippen LogP contribution in [0.5, 0.6) is 0 Å². The minimum absolute atomic E-state index is 0.0230. The second kappa shape index (κ2) is 4.89. The highest BCUT2D eigenvalue weighted by Gasteiger charge is 2.45. The Morgan fingerprint density at radius 3 is 2.85 bits per heavy atom. The van der Waals surface area contributed by atoms with E-state index in [1.807, 2.05) is 4.90 Å². The minimum atomic E-state index is -0.952. The van der Waals surface area contributed by atoms with E-state index in [-0.39, 0.29) is 11.7 Å². The lowest BCUT2D eigenvalue weighted by Gasteiger charge is -2.26. The molecule has 0 saturated carbocycles. The van der Waals surface area contributed by atoms with E-state index in [1.165, 1.54) is 12.1 Å². The molecule has 0 spiro atoms. The van der Waals surface area contributed by atoms with Gasteiger partial charge in [0.1, 0.15) is 5.82 Å². The first-order valence-electron chi connectivity index (χ1n) is 6.89. The first-order valence-corrected chi connectivity index (χ1v) is 6.89. The summed E-state index contributed by atoms with van der Waals surface area (Å²) in [6.45, 7) is 3.32. The van der Waals surface area contributed by atoms with Gasteiger partial charge in [-0.3, -0.25) is 4.79 Å². The van der Waals surface area contributed by atoms with Crippen molar-refractivity contribution in [3.8, 4) is 0 Å². The summed E-state index contributed by atoms with van der Waals surface area (Å²) >= 11 is 0. The first-order chi connectivity index (χ1) is 9.58. The van der Waals surface area contributed by atoms with Gasteiger partial charge in [0.2, 0.25) is 5.60 Å². The molecule has 0 aliphatic carbocycles. The summed E-state index contributed by atoms with van der Waals surface area (Å²) in [6, 6.07) is 6.20. The number of halogens is 1. The van der Waals surface area contributed by atoms with E-state index in [9.17, 15) is 9.18 Å². The molecule has 1 saturated heterocycles. The topological polar surface area (TPSA) is 41.9 Å². The fraction of sp³-hybridized carbons (Fsp3) is 0.467. The van der Waals surface area contributed by atoms with Crippen LogP contribution in [0.3, 0.4) is 0 Å². The van der Waals surface area contributed by atoms with Crippen molar-refractivity contribution < 1.29 is 14.0 Å². The second-order valence-electron chi connectivity index (χ2n) is 5.55. The van der Waals surface area contributed by atoms with Gasteiger partial charge >= 0.3 is 0 Å². The van der Waals surface area contributed by atoms with E-state index in [2.05, 4.69) is 5.16 Å². The monoisotopic (exact) mass is 276 g/mol. The number of carbonyl (C=O) groups is 1. The van der Waals surface area contributed by atoms with Gasteiger partial charge in [0, 0.05) is 25.1 Å². The van der Waals surface area contributed by atoms with E-state index in [4.69, 9.17) is 4.84 Å². The lowest BCUT2D eigenvalue weighted by Crippen LogP contribution is -2.46. The number of benzene rings is 1. The summed E-state index contributed by atoms with van der Waals surface area (Å²) in [5.74, 6) is -0.338. The molecular formula is C15H17FN2O2. The highest BCUT2D eigenvalue weighted by Crippen LogP contribution is 2.29. The van der Waals surface area contributed by atoms with Crippen molar-refractivity contribution >= 4 is 11.6 Å². The Balaban J connectivity index is 1.75. The van der Waals surface area contributed by atoms with E-state index in [0.717, 1.165) is 25.9 Å². The molecule has 20 heavy (non-hydrogen) atoms. The molecule has 2 heterocycles. The van der Waals surface area contributed by atoms with E-state index in [0.29, 0.717) is 17.7 Å². The Bertz CT molecular complexity index is 567. The second-order valence-corrected chi connectivity index (χ2v) is 5.55. The number of hydrogen-bond donors (Lipinski definition) is 0. The third-order valence-electron chi connectivity index (χ3n) is 3.87. The smallest absolute Gasteiger partial charge is 0.269 e. The van der Waals surface area contributed by atoms with Crippen molar-refractivity contribution in [2.75, 3.05) is 13.1 Å². The molecule has 106 valence electrons. The van der Waals surface area contributed by atoms with Crippen molar-refractivity contribution in [2.45, 2.75) is 31.8 Å². The van der Waals surface area contributed by atoms with Gasteiger partial charge in [-0.05, 0) is 31.9 Å². The molecule has 1 aromatic rings. The van der Waals surface area contributed by atoms with Gasteiger partial charge in [0.25, 0.3) is 5.91 Å². The van der Waals surface area contributed by atoms with Gasteiger partial charge in [-0.15, -0.1) is 0 Å². The molecule has 1 amide bonds. The Morgan fingerprint density at radius 2 is 2.15 bits per heavy atom. The van der Waals surface area contributed by atoms with Crippen molar-refractivity contribution in [1.29, 1.82) is 0 Å². The normalized spacial score (nSPS) is 25.5. The standard InChI is InChI=1S/C15H17FN2O2/c1-15(14(19)18-7-2-3-8-18)10-13(17-20-15)11-5-4-6-12(16)9-11/h4-6,9H,2-3,7-8,10H2,1H3/t15-/m1/s1. The average molecular weight is 276 g/mol. The molecule has 4 nitrogen and oxygen atoms in total. The maximum Gasteiger partial charge on any atom is 0.269 e. The van der Waals surface area contributed by atoms with Gasteiger partial charge in [-0.1, -0.05) is 17.3 Å². The molecule has 3 rings (SSSR count). The number of likely N-dealkylation sites (tertiary alicyclic amines) is 1. The fourth-order valence-electron chi connectivity index (χ4n) is 2.73. The van der Waals surface area contributed by atoms with Crippen LogP contribution in [-0.2, 0) is 9.63 Å². The van der Waals surface area contributed by atoms with Crippen molar-refractivity contribution in [1.82, 2.24) is 4.90 Å². The van der Waals surface area contributed by atoms with Crippen LogP contribution >= 0.6 is 0 Å². The maximum absolute atomic E-state index is 13.2. The minimum Gasteiger partial charge on any atom is -0.379 e. The van der Waals surface area contributed by atoms with Crippen LogP contribution in [0.2, 0.25) is 0 Å². The summed E-state index contributed by atoms with van der Waals surface area (Å²) in [5, 5.41) is 4.00. The van der Waals surface area contributed by atoms with E-state index < -0.39 is 5.60 Å². The third-order valence-corrected chi connectivity index (χ3v) is 3.87. The predicted octanol–water partition coefficient (Wildman–Crippen LogP) is 2.33. The summed E-state index contributed by atoms with van der Waals surface area (Å²) < 4.78 is 13.2. The van der Waals surface area contributed by atoms with E-state index in [1.54, 1.807) is 19.1 Å². The zero-order valence-corrected chi connectivity index (χ0v) is 11.4. The van der Waals surface area contributed by atoms with Crippen LogP contribution in [0, 0.1) is 5.82 Å². The molecule has 0 aromatic heterocycles. The molecule has 1 fully saturated rings. The number of rotatable bonds is 2. The van der Waals surface area contributed by atoms with Crippen LogP contribution in [0.1, 0.15) is 31.7 Å². The third kappa shape index (κ3) is 2.28. The molecule has 2 aliphatic heterocycles. The molecule has 0 N–H and O–H groups in total. The SMILES string of the molecule is C[C@]1(C(=O)N2CCCC2)CC(c2cccc(F)c2)=NO1. The van der Waals surface area contributed by atoms with Crippen LogP contribution < -0.4 is 0 Å². The Hall–Kier alpha value is -1.91. The lowest BCUT2D eigenvalue weighted by molar-refractivity contribution is -0.152. The average Bonchev–Trinajstić information content (AvgIpc) is 3.08. The zero-order valence-electron chi connectivity index (χ0n) is 11.4. The number of nitrogens with zero attached hydrogens (tertiary/aromatic N) is 2. The molecule has 0 unspecified atom stereocenters. The van der Waals surface area contributed by atoms with Gasteiger partial charge in [0.15, 0.2) is 0 Å². The Labute approximate surface area is 117 Å². The number of hydrogen-bond acceptors (Lipinski definition) is 3. The number of amides is 1. The zero-order chi connectivity index (χ0) is 14.2. The van der Waals surface area contributed by atoms with Crippen molar-refractivity contribution in [3.63, 3.8) is 0 Å². The van der Waals surface area contributed by atoms with Gasteiger partial charge in [-0.2, -0.15) is 0 Å². The highest BCUT2D eigenvalue weighted by atomic mass is 19.1. The van der Waals surface area contributed by atoms with Crippen molar-refractivity contribution in [3.05, 3.63) is 35.6 Å². The van der Waals surface area contributed by atoms with Crippen molar-refractivity contribution in [2.24, 2.45) is 5.16 Å². The summed E-state index contributed by atoms with van der Waals surface area (Å²) in [6.07, 6.45) is 2.46. The highest BCUT2D eigenvalue weighted by molar-refractivity contribution is 6.05. The Morgan fingerprint density at radius 1 is 1.40 bits per heavy atom.